The molecule has 0 fully saturated rings. The zero-order valence-corrected chi connectivity index (χ0v) is 16.6. The Balaban J connectivity index is 1.61. The van der Waals surface area contributed by atoms with Gasteiger partial charge in [0.2, 0.25) is 0 Å². The zero-order valence-electron chi connectivity index (χ0n) is 15.8. The van der Waals surface area contributed by atoms with Crippen LogP contribution in [0, 0.1) is 13.8 Å². The van der Waals surface area contributed by atoms with E-state index in [1.165, 1.54) is 12.3 Å². The lowest BCUT2D eigenvalue weighted by Crippen LogP contribution is -2.30. The van der Waals surface area contributed by atoms with Crippen LogP contribution >= 0.6 is 0 Å². The van der Waals surface area contributed by atoms with E-state index in [0.29, 0.717) is 10.8 Å². The lowest BCUT2D eigenvalue weighted by atomic mass is 10.2. The lowest BCUT2D eigenvalue weighted by molar-refractivity contribution is 0.0981. The second kappa shape index (κ2) is 7.14. The van der Waals surface area contributed by atoms with Gasteiger partial charge in [0.05, 0.1) is 16.3 Å². The van der Waals surface area contributed by atoms with Gasteiger partial charge in [-0.2, -0.15) is 5.10 Å². The highest BCUT2D eigenvalue weighted by atomic mass is 32.2. The number of nitrogens with one attached hydrogen (secondary N) is 1. The number of benzene rings is 2. The molecule has 0 aliphatic heterocycles. The Morgan fingerprint density at radius 1 is 1.03 bits per heavy atom. The Morgan fingerprint density at radius 2 is 1.79 bits per heavy atom. The van der Waals surface area contributed by atoms with E-state index in [-0.39, 0.29) is 10.5 Å². The molecule has 0 saturated carbocycles. The maximum atomic E-state index is 12.8. The highest BCUT2D eigenvalue weighted by Crippen LogP contribution is 2.22. The summed E-state index contributed by atoms with van der Waals surface area (Å²) in [5, 5.41) is 5.58. The van der Waals surface area contributed by atoms with Gasteiger partial charge < -0.3 is 0 Å². The number of amides is 1. The maximum Gasteiger partial charge on any atom is 0.265 e. The number of hydrogen-bond acceptors (Lipinski definition) is 5. The van der Waals surface area contributed by atoms with Crippen LogP contribution in [0.3, 0.4) is 0 Å². The van der Waals surface area contributed by atoms with Gasteiger partial charge in [-0.05, 0) is 56.3 Å². The second-order valence-corrected chi connectivity index (χ2v) is 8.32. The molecule has 7 nitrogen and oxygen atoms in total. The Labute approximate surface area is 168 Å². The molecule has 0 saturated heterocycles. The summed E-state index contributed by atoms with van der Waals surface area (Å²) in [4.78, 5) is 16.6. The number of carbonyl (C=O) groups is 1. The molecule has 29 heavy (non-hydrogen) atoms. The summed E-state index contributed by atoms with van der Waals surface area (Å²) in [5.41, 5.74) is 2.88. The number of fused-ring (bicyclic) bond motifs is 1. The molecule has 2 aromatic heterocycles. The van der Waals surface area contributed by atoms with E-state index < -0.39 is 15.9 Å². The molecule has 0 atom stereocenters. The van der Waals surface area contributed by atoms with Crippen LogP contribution in [0.15, 0.2) is 71.9 Å². The Hall–Kier alpha value is -3.52. The van der Waals surface area contributed by atoms with Gasteiger partial charge in [0.25, 0.3) is 15.9 Å². The number of nitrogens with zero attached hydrogens (tertiary/aromatic N) is 3. The number of carbonyl (C=O) groups excluding carboxylic acids is 1. The number of aromatic nitrogens is 3. The number of rotatable bonds is 4. The molecule has 2 aromatic carbocycles. The van der Waals surface area contributed by atoms with E-state index in [4.69, 9.17) is 0 Å². The highest BCUT2D eigenvalue weighted by Gasteiger charge is 2.21. The summed E-state index contributed by atoms with van der Waals surface area (Å²) in [6.07, 6.45) is 3.09. The molecule has 0 aliphatic rings. The van der Waals surface area contributed by atoms with Crippen molar-refractivity contribution in [2.45, 2.75) is 18.7 Å². The molecule has 146 valence electrons. The monoisotopic (exact) mass is 406 g/mol. The summed E-state index contributed by atoms with van der Waals surface area (Å²) < 4.78 is 29.5. The summed E-state index contributed by atoms with van der Waals surface area (Å²) in [6.45, 7) is 3.84. The van der Waals surface area contributed by atoms with Crippen molar-refractivity contribution in [1.29, 1.82) is 0 Å². The quantitative estimate of drug-likeness (QED) is 0.562. The van der Waals surface area contributed by atoms with Crippen molar-refractivity contribution < 1.29 is 13.2 Å². The normalized spacial score (nSPS) is 11.5. The van der Waals surface area contributed by atoms with Gasteiger partial charge in [-0.3, -0.25) is 9.78 Å². The number of pyridine rings is 1. The van der Waals surface area contributed by atoms with Crippen LogP contribution in [0.1, 0.15) is 21.7 Å². The topological polar surface area (TPSA) is 94.0 Å². The van der Waals surface area contributed by atoms with E-state index in [0.717, 1.165) is 17.1 Å². The molecule has 0 bridgehead atoms. The minimum atomic E-state index is -4.04. The summed E-state index contributed by atoms with van der Waals surface area (Å²) in [6, 6.07) is 15.0. The SMILES string of the molecule is Cc1cc(C)n(-c2ccc(C(=O)NS(=O)(=O)c3cccc4cnccc34)cc2)n1. The molecule has 8 heteroatoms. The van der Waals surface area contributed by atoms with Crippen molar-refractivity contribution in [3.63, 3.8) is 0 Å². The predicted octanol–water partition coefficient (Wildman–Crippen LogP) is 3.16. The molecule has 0 radical (unpaired) electrons. The molecule has 2 heterocycles. The Bertz CT molecular complexity index is 1320. The maximum absolute atomic E-state index is 12.8. The first kappa shape index (κ1) is 18.8. The fourth-order valence-corrected chi connectivity index (χ4v) is 4.41. The third-order valence-electron chi connectivity index (χ3n) is 4.54. The van der Waals surface area contributed by atoms with Gasteiger partial charge in [-0.15, -0.1) is 0 Å². The van der Waals surface area contributed by atoms with Gasteiger partial charge in [0, 0.05) is 34.4 Å². The van der Waals surface area contributed by atoms with Crippen LogP contribution in [0.2, 0.25) is 0 Å². The van der Waals surface area contributed by atoms with Gasteiger partial charge in [0.15, 0.2) is 0 Å². The van der Waals surface area contributed by atoms with Gasteiger partial charge in [0.1, 0.15) is 0 Å². The van der Waals surface area contributed by atoms with E-state index in [1.54, 1.807) is 53.3 Å². The van der Waals surface area contributed by atoms with Crippen molar-refractivity contribution in [1.82, 2.24) is 19.5 Å². The molecule has 1 amide bonds. The highest BCUT2D eigenvalue weighted by molar-refractivity contribution is 7.90. The zero-order chi connectivity index (χ0) is 20.6. The average Bonchev–Trinajstić information content (AvgIpc) is 3.05. The van der Waals surface area contributed by atoms with Crippen LogP contribution in [-0.2, 0) is 10.0 Å². The van der Waals surface area contributed by atoms with E-state index in [9.17, 15) is 13.2 Å². The van der Waals surface area contributed by atoms with Crippen molar-refractivity contribution in [3.05, 3.63) is 83.9 Å². The summed E-state index contributed by atoms with van der Waals surface area (Å²) >= 11 is 0. The van der Waals surface area contributed by atoms with Crippen molar-refractivity contribution in [3.8, 4) is 5.69 Å². The Kier molecular flexibility index (Phi) is 4.63. The van der Waals surface area contributed by atoms with Crippen LogP contribution in [0.25, 0.3) is 16.5 Å². The van der Waals surface area contributed by atoms with E-state index in [1.807, 2.05) is 19.9 Å². The number of aryl methyl sites for hydroxylation is 2. The second-order valence-electron chi connectivity index (χ2n) is 6.67. The van der Waals surface area contributed by atoms with Crippen molar-refractivity contribution in [2.75, 3.05) is 0 Å². The summed E-state index contributed by atoms with van der Waals surface area (Å²) in [7, 11) is -4.04. The molecule has 0 spiro atoms. The van der Waals surface area contributed by atoms with Gasteiger partial charge in [-0.1, -0.05) is 12.1 Å². The summed E-state index contributed by atoms with van der Waals surface area (Å²) in [5.74, 6) is -0.698. The Morgan fingerprint density at radius 3 is 2.48 bits per heavy atom. The first-order valence-electron chi connectivity index (χ1n) is 8.89. The molecule has 1 N–H and O–H groups in total. The van der Waals surface area contributed by atoms with Crippen LogP contribution in [0.5, 0.6) is 0 Å². The first-order valence-corrected chi connectivity index (χ1v) is 10.4. The molecule has 0 aliphatic carbocycles. The smallest absolute Gasteiger partial charge is 0.265 e. The first-order chi connectivity index (χ1) is 13.8. The van der Waals surface area contributed by atoms with E-state index >= 15 is 0 Å². The molecule has 4 aromatic rings. The van der Waals surface area contributed by atoms with Gasteiger partial charge >= 0.3 is 0 Å². The minimum Gasteiger partial charge on any atom is -0.268 e. The fraction of sp³-hybridized carbons (Fsp3) is 0.0952. The molecular weight excluding hydrogens is 388 g/mol. The number of hydrogen-bond donors (Lipinski definition) is 1. The lowest BCUT2D eigenvalue weighted by Gasteiger charge is -2.10. The van der Waals surface area contributed by atoms with Crippen LogP contribution in [-0.4, -0.2) is 29.1 Å². The van der Waals surface area contributed by atoms with E-state index in [2.05, 4.69) is 14.8 Å². The molecule has 0 unspecified atom stereocenters. The third-order valence-corrected chi connectivity index (χ3v) is 5.93. The van der Waals surface area contributed by atoms with Gasteiger partial charge in [-0.25, -0.2) is 17.8 Å². The predicted molar refractivity (Wildman–Crippen MR) is 109 cm³/mol. The standard InChI is InChI=1S/C21H18N4O3S/c1-14-12-15(2)25(23-14)18-8-6-16(7-9-18)21(26)24-29(27,28)20-5-3-4-17-13-22-11-10-19(17)20/h3-13H,1-2H3,(H,24,26). The molecular formula is C21H18N4O3S. The van der Waals surface area contributed by atoms with Crippen LogP contribution < -0.4 is 4.72 Å². The fourth-order valence-electron chi connectivity index (χ4n) is 3.21. The van der Waals surface area contributed by atoms with Crippen LogP contribution in [0.4, 0.5) is 0 Å². The average molecular weight is 406 g/mol. The largest absolute Gasteiger partial charge is 0.268 e. The third kappa shape index (κ3) is 3.62. The van der Waals surface area contributed by atoms with Crippen molar-refractivity contribution >= 4 is 26.7 Å². The minimum absolute atomic E-state index is 0.0324. The number of sulfonamides is 1. The van der Waals surface area contributed by atoms with Crippen molar-refractivity contribution in [2.24, 2.45) is 0 Å². The molecule has 4 rings (SSSR count).